The van der Waals surface area contributed by atoms with Crippen LogP contribution >= 0.6 is 0 Å². The fraction of sp³-hybridized carbons (Fsp3) is 0.300. The first-order valence-electron chi connectivity index (χ1n) is 4.21. The highest BCUT2D eigenvalue weighted by Crippen LogP contribution is 2.12. The molecule has 0 aliphatic heterocycles. The van der Waals surface area contributed by atoms with Crippen molar-refractivity contribution in [1.29, 1.82) is 0 Å². The van der Waals surface area contributed by atoms with E-state index in [9.17, 15) is 0 Å². The van der Waals surface area contributed by atoms with E-state index >= 15 is 0 Å². The SMILES string of the molecule is C=C(CN)Nc1cnc(C)c(C)c1. The van der Waals surface area contributed by atoms with Gasteiger partial charge in [0.05, 0.1) is 11.9 Å². The maximum absolute atomic E-state index is 5.41. The Balaban J connectivity index is 2.79. The molecule has 0 radical (unpaired) electrons. The maximum Gasteiger partial charge on any atom is 0.0571 e. The minimum atomic E-state index is 0.437. The van der Waals surface area contributed by atoms with Gasteiger partial charge < -0.3 is 11.1 Å². The standard InChI is InChI=1S/C10H15N3/c1-7-4-10(6-12-9(7)3)13-8(2)5-11/h4,6,13H,2,5,11H2,1,3H3. The fourth-order valence-electron chi connectivity index (χ4n) is 0.967. The van der Waals surface area contributed by atoms with Gasteiger partial charge in [-0.2, -0.15) is 0 Å². The summed E-state index contributed by atoms with van der Waals surface area (Å²) in [6.45, 7) is 8.20. The van der Waals surface area contributed by atoms with Crippen LogP contribution in [0, 0.1) is 13.8 Å². The quantitative estimate of drug-likeness (QED) is 0.737. The minimum absolute atomic E-state index is 0.437. The Labute approximate surface area is 78.7 Å². The smallest absolute Gasteiger partial charge is 0.0571 e. The number of nitrogens with one attached hydrogen (secondary N) is 1. The van der Waals surface area contributed by atoms with E-state index in [1.165, 1.54) is 0 Å². The lowest BCUT2D eigenvalue weighted by Crippen LogP contribution is -2.10. The average molecular weight is 177 g/mol. The van der Waals surface area contributed by atoms with Gasteiger partial charge in [0.2, 0.25) is 0 Å². The summed E-state index contributed by atoms with van der Waals surface area (Å²) in [7, 11) is 0. The molecule has 0 unspecified atom stereocenters. The Bertz CT molecular complexity index is 318. The van der Waals surface area contributed by atoms with Crippen LogP contribution in [0.25, 0.3) is 0 Å². The molecule has 0 bridgehead atoms. The highest BCUT2D eigenvalue weighted by Gasteiger charge is 1.97. The van der Waals surface area contributed by atoms with Crippen molar-refractivity contribution in [2.24, 2.45) is 5.73 Å². The molecule has 3 heteroatoms. The predicted molar refractivity (Wildman–Crippen MR) is 55.5 cm³/mol. The number of aromatic nitrogens is 1. The minimum Gasteiger partial charge on any atom is -0.357 e. The van der Waals surface area contributed by atoms with E-state index in [-0.39, 0.29) is 0 Å². The topological polar surface area (TPSA) is 50.9 Å². The van der Waals surface area contributed by atoms with Crippen LogP contribution in [0.2, 0.25) is 0 Å². The Kier molecular flexibility index (Phi) is 3.03. The molecule has 1 heterocycles. The van der Waals surface area contributed by atoms with Gasteiger partial charge in [0.25, 0.3) is 0 Å². The average Bonchev–Trinajstić information content (AvgIpc) is 2.11. The second kappa shape index (κ2) is 4.05. The molecular formula is C10H15N3. The molecular weight excluding hydrogens is 162 g/mol. The van der Waals surface area contributed by atoms with Gasteiger partial charge in [0.15, 0.2) is 0 Å². The van der Waals surface area contributed by atoms with Gasteiger partial charge in [-0.1, -0.05) is 6.58 Å². The zero-order valence-corrected chi connectivity index (χ0v) is 8.09. The van der Waals surface area contributed by atoms with Gasteiger partial charge in [-0.05, 0) is 25.5 Å². The fourth-order valence-corrected chi connectivity index (χ4v) is 0.967. The number of aryl methyl sites for hydroxylation is 2. The van der Waals surface area contributed by atoms with Crippen molar-refractivity contribution in [2.45, 2.75) is 13.8 Å². The monoisotopic (exact) mass is 177 g/mol. The van der Waals surface area contributed by atoms with E-state index in [1.807, 2.05) is 19.9 Å². The van der Waals surface area contributed by atoms with Crippen molar-refractivity contribution >= 4 is 5.69 Å². The molecule has 0 aromatic carbocycles. The maximum atomic E-state index is 5.41. The first-order valence-corrected chi connectivity index (χ1v) is 4.21. The molecule has 0 atom stereocenters. The highest BCUT2D eigenvalue weighted by atomic mass is 14.9. The van der Waals surface area contributed by atoms with Crippen molar-refractivity contribution in [1.82, 2.24) is 4.98 Å². The van der Waals surface area contributed by atoms with Crippen LogP contribution in [-0.2, 0) is 0 Å². The number of pyridine rings is 1. The van der Waals surface area contributed by atoms with Gasteiger partial charge in [-0.25, -0.2) is 0 Å². The molecule has 3 nitrogen and oxygen atoms in total. The van der Waals surface area contributed by atoms with Crippen LogP contribution < -0.4 is 11.1 Å². The van der Waals surface area contributed by atoms with E-state index in [1.54, 1.807) is 6.20 Å². The Morgan fingerprint density at radius 3 is 2.85 bits per heavy atom. The second-order valence-electron chi connectivity index (χ2n) is 3.06. The molecule has 0 fully saturated rings. The Hall–Kier alpha value is -1.35. The Morgan fingerprint density at radius 1 is 1.62 bits per heavy atom. The van der Waals surface area contributed by atoms with Crippen molar-refractivity contribution in [3.8, 4) is 0 Å². The molecule has 0 spiro atoms. The molecule has 0 saturated carbocycles. The zero-order valence-electron chi connectivity index (χ0n) is 8.09. The van der Waals surface area contributed by atoms with Crippen LogP contribution in [0.1, 0.15) is 11.3 Å². The van der Waals surface area contributed by atoms with Gasteiger partial charge >= 0.3 is 0 Å². The van der Waals surface area contributed by atoms with Crippen LogP contribution in [0.15, 0.2) is 24.5 Å². The third kappa shape index (κ3) is 2.56. The summed E-state index contributed by atoms with van der Waals surface area (Å²) in [6.07, 6.45) is 1.78. The molecule has 0 amide bonds. The van der Waals surface area contributed by atoms with Crippen molar-refractivity contribution in [3.05, 3.63) is 35.8 Å². The van der Waals surface area contributed by atoms with E-state index in [0.717, 1.165) is 22.6 Å². The lowest BCUT2D eigenvalue weighted by atomic mass is 10.2. The van der Waals surface area contributed by atoms with Gasteiger partial charge in [0.1, 0.15) is 0 Å². The third-order valence-electron chi connectivity index (χ3n) is 1.91. The zero-order chi connectivity index (χ0) is 9.84. The van der Waals surface area contributed by atoms with Crippen LogP contribution in [0.4, 0.5) is 5.69 Å². The number of nitrogens with zero attached hydrogens (tertiary/aromatic N) is 1. The molecule has 0 aliphatic carbocycles. The van der Waals surface area contributed by atoms with Crippen LogP contribution in [-0.4, -0.2) is 11.5 Å². The third-order valence-corrected chi connectivity index (χ3v) is 1.91. The number of hydrogen-bond acceptors (Lipinski definition) is 3. The lowest BCUT2D eigenvalue weighted by molar-refractivity contribution is 1.12. The van der Waals surface area contributed by atoms with Gasteiger partial charge in [-0.15, -0.1) is 0 Å². The summed E-state index contributed by atoms with van der Waals surface area (Å²) in [5.41, 5.74) is 9.35. The summed E-state index contributed by atoms with van der Waals surface area (Å²) in [4.78, 5) is 4.22. The molecule has 1 rings (SSSR count). The van der Waals surface area contributed by atoms with E-state index < -0.39 is 0 Å². The molecule has 0 saturated heterocycles. The first kappa shape index (κ1) is 9.74. The summed E-state index contributed by atoms with van der Waals surface area (Å²) in [6, 6.07) is 2.03. The van der Waals surface area contributed by atoms with E-state index in [0.29, 0.717) is 6.54 Å². The predicted octanol–water partition coefficient (Wildman–Crippen LogP) is 1.58. The summed E-state index contributed by atoms with van der Waals surface area (Å²) in [5, 5.41) is 3.08. The molecule has 0 aliphatic rings. The van der Waals surface area contributed by atoms with E-state index in [2.05, 4.69) is 16.9 Å². The normalized spacial score (nSPS) is 9.77. The van der Waals surface area contributed by atoms with Crippen molar-refractivity contribution in [3.63, 3.8) is 0 Å². The van der Waals surface area contributed by atoms with Gasteiger partial charge in [0, 0.05) is 17.9 Å². The Morgan fingerprint density at radius 2 is 2.31 bits per heavy atom. The first-order chi connectivity index (χ1) is 6.13. The molecule has 13 heavy (non-hydrogen) atoms. The lowest BCUT2D eigenvalue weighted by Gasteiger charge is -2.08. The van der Waals surface area contributed by atoms with Crippen molar-refractivity contribution in [2.75, 3.05) is 11.9 Å². The largest absolute Gasteiger partial charge is 0.357 e. The number of rotatable bonds is 3. The van der Waals surface area contributed by atoms with Crippen LogP contribution in [0.3, 0.4) is 0 Å². The number of hydrogen-bond donors (Lipinski definition) is 2. The summed E-state index contributed by atoms with van der Waals surface area (Å²) < 4.78 is 0. The van der Waals surface area contributed by atoms with Gasteiger partial charge in [-0.3, -0.25) is 4.98 Å². The second-order valence-corrected chi connectivity index (χ2v) is 3.06. The summed E-state index contributed by atoms with van der Waals surface area (Å²) in [5.74, 6) is 0. The van der Waals surface area contributed by atoms with Crippen molar-refractivity contribution < 1.29 is 0 Å². The number of nitrogens with two attached hydrogens (primary N) is 1. The van der Waals surface area contributed by atoms with Crippen LogP contribution in [0.5, 0.6) is 0 Å². The summed E-state index contributed by atoms with van der Waals surface area (Å²) >= 11 is 0. The van der Waals surface area contributed by atoms with E-state index in [4.69, 9.17) is 5.73 Å². The highest BCUT2D eigenvalue weighted by molar-refractivity contribution is 5.48. The molecule has 70 valence electrons. The molecule has 3 N–H and O–H groups in total. The molecule has 1 aromatic heterocycles. The number of anilines is 1. The molecule has 1 aromatic rings.